The molecule has 0 aromatic heterocycles. The first-order valence-corrected chi connectivity index (χ1v) is 9.69. The summed E-state index contributed by atoms with van der Waals surface area (Å²) in [5.74, 6) is -4.47. The maximum absolute atomic E-state index is 14.8. The maximum atomic E-state index is 14.8. The highest BCUT2D eigenvalue weighted by atomic mass is 19.2. The van der Waals surface area contributed by atoms with Crippen molar-refractivity contribution in [1.82, 2.24) is 0 Å². The topological polar surface area (TPSA) is 9.23 Å². The average molecular weight is 392 g/mol. The zero-order chi connectivity index (χ0) is 20.3. The second-order valence-electron chi connectivity index (χ2n) is 7.27. The lowest BCUT2D eigenvalue weighted by Gasteiger charge is -2.27. The number of allylic oxidation sites excluding steroid dienone is 1. The van der Waals surface area contributed by atoms with Gasteiger partial charge in [0.1, 0.15) is 0 Å². The predicted molar refractivity (Wildman–Crippen MR) is 102 cm³/mol. The van der Waals surface area contributed by atoms with Crippen LogP contribution in [-0.4, -0.2) is 6.61 Å². The fraction of sp³-hybridized carbons (Fsp3) is 0.391. The van der Waals surface area contributed by atoms with E-state index in [0.717, 1.165) is 25.7 Å². The number of halogens is 4. The van der Waals surface area contributed by atoms with Crippen molar-refractivity contribution in [3.05, 3.63) is 65.8 Å². The molecular formula is C23H24F4O. The van der Waals surface area contributed by atoms with Gasteiger partial charge in [0.25, 0.3) is 0 Å². The van der Waals surface area contributed by atoms with Crippen LogP contribution >= 0.6 is 0 Å². The number of rotatable bonds is 6. The lowest BCUT2D eigenvalue weighted by Crippen LogP contribution is -2.13. The molecule has 0 spiro atoms. The number of hydrogen-bond acceptors (Lipinski definition) is 1. The van der Waals surface area contributed by atoms with Gasteiger partial charge in [0.15, 0.2) is 23.2 Å². The molecule has 1 aliphatic carbocycles. The molecule has 0 saturated heterocycles. The highest BCUT2D eigenvalue weighted by Crippen LogP contribution is 2.40. The molecule has 0 heterocycles. The minimum absolute atomic E-state index is 0.0776. The Morgan fingerprint density at radius 2 is 1.50 bits per heavy atom. The Morgan fingerprint density at radius 3 is 2.11 bits per heavy atom. The van der Waals surface area contributed by atoms with Gasteiger partial charge in [-0.3, -0.25) is 0 Å². The summed E-state index contributed by atoms with van der Waals surface area (Å²) in [6, 6.07) is 5.28. The van der Waals surface area contributed by atoms with Gasteiger partial charge in [-0.2, -0.15) is 4.39 Å². The third-order valence-electron chi connectivity index (χ3n) is 5.46. The molecule has 0 radical (unpaired) electrons. The summed E-state index contributed by atoms with van der Waals surface area (Å²) in [6.45, 7) is 5.86. The van der Waals surface area contributed by atoms with E-state index in [4.69, 9.17) is 4.74 Å². The summed E-state index contributed by atoms with van der Waals surface area (Å²) in [5, 5.41) is 0. The van der Waals surface area contributed by atoms with Gasteiger partial charge < -0.3 is 4.74 Å². The molecule has 2 aromatic carbocycles. The zero-order valence-electron chi connectivity index (χ0n) is 15.9. The highest BCUT2D eigenvalue weighted by Gasteiger charge is 2.27. The van der Waals surface area contributed by atoms with Gasteiger partial charge in [-0.25, -0.2) is 13.2 Å². The second-order valence-corrected chi connectivity index (χ2v) is 7.27. The minimum atomic E-state index is -1.24. The summed E-state index contributed by atoms with van der Waals surface area (Å²) in [4.78, 5) is 0. The fourth-order valence-corrected chi connectivity index (χ4v) is 3.82. The molecule has 1 aliphatic rings. The molecule has 2 aromatic rings. The van der Waals surface area contributed by atoms with Crippen LogP contribution in [0.1, 0.15) is 50.5 Å². The SMILES string of the molecule is C=CC1CCC(c2ccc(-c3ccc(OCCC)c(F)c3F)c(F)c2F)CC1. The van der Waals surface area contributed by atoms with E-state index < -0.39 is 23.3 Å². The van der Waals surface area contributed by atoms with Crippen LogP contribution in [0.3, 0.4) is 0 Å². The predicted octanol–water partition coefficient (Wildman–Crippen LogP) is 7.16. The van der Waals surface area contributed by atoms with Crippen LogP contribution in [0.15, 0.2) is 36.9 Å². The third kappa shape index (κ3) is 3.94. The van der Waals surface area contributed by atoms with E-state index in [2.05, 4.69) is 6.58 Å². The first-order chi connectivity index (χ1) is 13.5. The van der Waals surface area contributed by atoms with Gasteiger partial charge >= 0.3 is 0 Å². The van der Waals surface area contributed by atoms with Crippen molar-refractivity contribution >= 4 is 0 Å². The normalized spacial score (nSPS) is 19.5. The summed E-state index contributed by atoms with van der Waals surface area (Å²) in [5.41, 5.74) is -0.313. The van der Waals surface area contributed by atoms with E-state index in [1.54, 1.807) is 0 Å². The van der Waals surface area contributed by atoms with Crippen molar-refractivity contribution in [3.8, 4) is 16.9 Å². The Bertz CT molecular complexity index is 854. The Kier molecular flexibility index (Phi) is 6.42. The van der Waals surface area contributed by atoms with Crippen molar-refractivity contribution in [2.45, 2.75) is 44.9 Å². The molecule has 0 amide bonds. The smallest absolute Gasteiger partial charge is 0.201 e. The lowest BCUT2D eigenvalue weighted by molar-refractivity contribution is 0.295. The summed E-state index contributed by atoms with van der Waals surface area (Å²) < 4.78 is 63.3. The highest BCUT2D eigenvalue weighted by molar-refractivity contribution is 5.66. The molecule has 0 atom stereocenters. The van der Waals surface area contributed by atoms with Gasteiger partial charge in [-0.1, -0.05) is 25.1 Å². The number of hydrogen-bond donors (Lipinski definition) is 0. The molecule has 0 N–H and O–H groups in total. The number of benzene rings is 2. The van der Waals surface area contributed by atoms with E-state index in [1.165, 1.54) is 24.3 Å². The van der Waals surface area contributed by atoms with Crippen molar-refractivity contribution in [3.63, 3.8) is 0 Å². The second kappa shape index (κ2) is 8.80. The molecule has 28 heavy (non-hydrogen) atoms. The van der Waals surface area contributed by atoms with E-state index in [1.807, 2.05) is 13.0 Å². The van der Waals surface area contributed by atoms with E-state index in [9.17, 15) is 17.6 Å². The minimum Gasteiger partial charge on any atom is -0.490 e. The van der Waals surface area contributed by atoms with E-state index in [0.29, 0.717) is 17.9 Å². The van der Waals surface area contributed by atoms with Crippen molar-refractivity contribution in [2.75, 3.05) is 6.61 Å². The molecule has 0 aliphatic heterocycles. The molecule has 3 rings (SSSR count). The lowest BCUT2D eigenvalue weighted by atomic mass is 9.78. The van der Waals surface area contributed by atoms with Crippen molar-refractivity contribution in [1.29, 1.82) is 0 Å². The van der Waals surface area contributed by atoms with Crippen molar-refractivity contribution in [2.24, 2.45) is 5.92 Å². The van der Waals surface area contributed by atoms with Crippen molar-refractivity contribution < 1.29 is 22.3 Å². The van der Waals surface area contributed by atoms with Gasteiger partial charge in [0.2, 0.25) is 5.82 Å². The largest absolute Gasteiger partial charge is 0.490 e. The quantitative estimate of drug-likeness (QED) is 0.374. The first-order valence-electron chi connectivity index (χ1n) is 9.69. The van der Waals surface area contributed by atoms with Gasteiger partial charge in [0.05, 0.1) is 6.61 Å². The molecule has 5 heteroatoms. The van der Waals surface area contributed by atoms with E-state index >= 15 is 0 Å². The molecule has 0 bridgehead atoms. The van der Waals surface area contributed by atoms with Crippen LogP contribution < -0.4 is 4.74 Å². The molecular weight excluding hydrogens is 368 g/mol. The number of ether oxygens (including phenoxy) is 1. The van der Waals surface area contributed by atoms with Crippen LogP contribution in [-0.2, 0) is 0 Å². The zero-order valence-corrected chi connectivity index (χ0v) is 15.9. The van der Waals surface area contributed by atoms with Crippen LogP contribution in [0.2, 0.25) is 0 Å². The van der Waals surface area contributed by atoms with Crippen LogP contribution in [0, 0.1) is 29.2 Å². The van der Waals surface area contributed by atoms with Crippen LogP contribution in [0.4, 0.5) is 17.6 Å². The molecule has 1 nitrogen and oxygen atoms in total. The average Bonchev–Trinajstić information content (AvgIpc) is 2.72. The van der Waals surface area contributed by atoms with Gasteiger partial charge in [-0.15, -0.1) is 6.58 Å². The fourth-order valence-electron chi connectivity index (χ4n) is 3.82. The van der Waals surface area contributed by atoms with Crippen LogP contribution in [0.5, 0.6) is 5.75 Å². The standard InChI is InChI=1S/C23H24F4O/c1-3-13-28-19-12-11-18(22(26)23(19)27)17-10-9-16(20(24)21(17)25)15-7-5-14(4-2)6-8-15/h4,9-12,14-15H,2-3,5-8,13H2,1H3. The molecule has 1 fully saturated rings. The Labute approximate surface area is 163 Å². The van der Waals surface area contributed by atoms with Gasteiger partial charge in [-0.05, 0) is 61.6 Å². The molecule has 150 valence electrons. The first kappa shape index (κ1) is 20.4. The monoisotopic (exact) mass is 392 g/mol. The third-order valence-corrected chi connectivity index (χ3v) is 5.46. The Hall–Kier alpha value is -2.30. The molecule has 1 saturated carbocycles. The van der Waals surface area contributed by atoms with Gasteiger partial charge in [0, 0.05) is 11.1 Å². The van der Waals surface area contributed by atoms with Crippen LogP contribution in [0.25, 0.3) is 11.1 Å². The summed E-state index contributed by atoms with van der Waals surface area (Å²) >= 11 is 0. The summed E-state index contributed by atoms with van der Waals surface area (Å²) in [6.07, 6.45) is 5.81. The van der Waals surface area contributed by atoms with E-state index in [-0.39, 0.29) is 29.4 Å². The molecule has 0 unspecified atom stereocenters. The Balaban J connectivity index is 1.91. The Morgan fingerprint density at radius 1 is 0.893 bits per heavy atom. The maximum Gasteiger partial charge on any atom is 0.201 e. The summed E-state index contributed by atoms with van der Waals surface area (Å²) in [7, 11) is 0.